The number of fused-ring (bicyclic) bond motifs is 1. The van der Waals surface area contributed by atoms with Gasteiger partial charge in [0.25, 0.3) is 0 Å². The number of carbonyl (C=O) groups is 1. The molecule has 0 spiro atoms. The number of benzene rings is 2. The van der Waals surface area contributed by atoms with E-state index in [-0.39, 0.29) is 11.8 Å². The lowest BCUT2D eigenvalue weighted by atomic mass is 9.96. The summed E-state index contributed by atoms with van der Waals surface area (Å²) in [6.07, 6.45) is 3.02. The number of aromatic nitrogens is 2. The minimum atomic E-state index is 0.0824. The molecule has 158 valence electrons. The van der Waals surface area contributed by atoms with Crippen molar-refractivity contribution < 1.29 is 4.79 Å². The Morgan fingerprint density at radius 3 is 2.87 bits per heavy atom. The van der Waals surface area contributed by atoms with Crippen LogP contribution in [0.1, 0.15) is 32.0 Å². The largest absolute Gasteiger partial charge is 0.345 e. The van der Waals surface area contributed by atoms with Gasteiger partial charge in [-0.25, -0.2) is 4.98 Å². The number of halogens is 1. The fourth-order valence-corrected chi connectivity index (χ4v) is 4.83. The second-order valence-corrected chi connectivity index (χ2v) is 9.08. The molecule has 0 aliphatic carbocycles. The number of para-hydroxylation sites is 2. The van der Waals surface area contributed by atoms with Gasteiger partial charge in [-0.2, -0.15) is 0 Å². The van der Waals surface area contributed by atoms with Crippen LogP contribution in [0.4, 0.5) is 0 Å². The van der Waals surface area contributed by atoms with Gasteiger partial charge in [0.1, 0.15) is 5.82 Å². The molecule has 0 radical (unpaired) electrons. The first-order chi connectivity index (χ1) is 14.6. The fourth-order valence-electron chi connectivity index (χ4n) is 4.44. The van der Waals surface area contributed by atoms with Gasteiger partial charge >= 0.3 is 0 Å². The Bertz CT molecular complexity index is 1030. The molecule has 0 saturated carbocycles. The summed E-state index contributed by atoms with van der Waals surface area (Å²) in [7, 11) is 1.93. The second kappa shape index (κ2) is 9.31. The van der Waals surface area contributed by atoms with Crippen molar-refractivity contribution in [3.05, 3.63) is 58.8 Å². The van der Waals surface area contributed by atoms with Crippen LogP contribution in [0.3, 0.4) is 0 Å². The maximum Gasteiger partial charge on any atom is 0.226 e. The van der Waals surface area contributed by atoms with Crippen LogP contribution in [-0.2, 0) is 11.3 Å². The van der Waals surface area contributed by atoms with E-state index in [0.29, 0.717) is 0 Å². The van der Waals surface area contributed by atoms with E-state index in [1.807, 2.05) is 24.1 Å². The predicted molar refractivity (Wildman–Crippen MR) is 125 cm³/mol. The number of rotatable bonds is 6. The molecule has 0 N–H and O–H groups in total. The van der Waals surface area contributed by atoms with Crippen molar-refractivity contribution in [1.82, 2.24) is 19.4 Å². The topological polar surface area (TPSA) is 41.4 Å². The summed E-state index contributed by atoms with van der Waals surface area (Å²) in [4.78, 5) is 22.1. The summed E-state index contributed by atoms with van der Waals surface area (Å²) in [5.41, 5.74) is 3.21. The van der Waals surface area contributed by atoms with Crippen molar-refractivity contribution in [2.45, 2.75) is 32.7 Å². The molecule has 5 nitrogen and oxygen atoms in total. The van der Waals surface area contributed by atoms with Crippen LogP contribution >= 0.6 is 15.9 Å². The number of hydrogen-bond acceptors (Lipinski definition) is 3. The van der Waals surface area contributed by atoms with Crippen molar-refractivity contribution in [2.24, 2.45) is 5.92 Å². The van der Waals surface area contributed by atoms with Gasteiger partial charge in [0.05, 0.1) is 23.5 Å². The number of carbonyl (C=O) groups excluding carboxylic acids is 1. The van der Waals surface area contributed by atoms with Crippen molar-refractivity contribution in [3.63, 3.8) is 0 Å². The average Bonchev–Trinajstić information content (AvgIpc) is 3.11. The maximum absolute atomic E-state index is 12.8. The minimum absolute atomic E-state index is 0.0824. The average molecular weight is 469 g/mol. The van der Waals surface area contributed by atoms with Crippen molar-refractivity contribution in [1.29, 1.82) is 0 Å². The van der Waals surface area contributed by atoms with Gasteiger partial charge in [-0.15, -0.1) is 0 Å². The second-order valence-electron chi connectivity index (χ2n) is 8.17. The highest BCUT2D eigenvalue weighted by molar-refractivity contribution is 9.10. The Kier molecular flexibility index (Phi) is 6.54. The lowest BCUT2D eigenvalue weighted by molar-refractivity contribution is -0.136. The lowest BCUT2D eigenvalue weighted by Gasteiger charge is -2.33. The molecule has 1 amide bonds. The van der Waals surface area contributed by atoms with E-state index >= 15 is 0 Å². The molecule has 1 aliphatic rings. The summed E-state index contributed by atoms with van der Waals surface area (Å²) in [6.45, 7) is 5.48. The van der Waals surface area contributed by atoms with Crippen LogP contribution in [0.5, 0.6) is 0 Å². The molecule has 1 aromatic heterocycles. The van der Waals surface area contributed by atoms with E-state index in [1.54, 1.807) is 0 Å². The summed E-state index contributed by atoms with van der Waals surface area (Å²) in [6, 6.07) is 16.6. The normalized spacial score (nSPS) is 17.4. The maximum atomic E-state index is 12.8. The minimum Gasteiger partial charge on any atom is -0.345 e. The zero-order chi connectivity index (χ0) is 21.1. The highest BCUT2D eigenvalue weighted by Gasteiger charge is 2.28. The molecule has 6 heteroatoms. The summed E-state index contributed by atoms with van der Waals surface area (Å²) in [5.74, 6) is 1.38. The Morgan fingerprint density at radius 1 is 1.23 bits per heavy atom. The zero-order valence-electron chi connectivity index (χ0n) is 17.7. The number of hydrogen-bond donors (Lipinski definition) is 0. The Balaban J connectivity index is 1.61. The van der Waals surface area contributed by atoms with E-state index in [2.05, 4.69) is 68.7 Å². The van der Waals surface area contributed by atoms with Crippen molar-refractivity contribution in [3.8, 4) is 5.69 Å². The Morgan fingerprint density at radius 2 is 2.07 bits per heavy atom. The molecule has 3 aromatic rings. The van der Waals surface area contributed by atoms with Gasteiger partial charge in [-0.1, -0.05) is 41.1 Å². The van der Waals surface area contributed by atoms with Gasteiger partial charge in [0.15, 0.2) is 0 Å². The molecular formula is C24H29BrN4O. The highest BCUT2D eigenvalue weighted by Crippen LogP contribution is 2.26. The first-order valence-corrected chi connectivity index (χ1v) is 11.6. The fraction of sp³-hybridized carbons (Fsp3) is 0.417. The molecule has 0 bridgehead atoms. The number of piperidine rings is 1. The highest BCUT2D eigenvalue weighted by atomic mass is 79.9. The van der Waals surface area contributed by atoms with Gasteiger partial charge in [0.2, 0.25) is 5.91 Å². The van der Waals surface area contributed by atoms with Crippen LogP contribution in [0, 0.1) is 5.92 Å². The first kappa shape index (κ1) is 21.1. The number of nitrogens with zero attached hydrogens (tertiary/aromatic N) is 4. The molecule has 1 atom stereocenters. The van der Waals surface area contributed by atoms with Crippen molar-refractivity contribution in [2.75, 3.05) is 26.7 Å². The number of likely N-dealkylation sites (tertiary alicyclic amines) is 1. The molecule has 1 aliphatic heterocycles. The smallest absolute Gasteiger partial charge is 0.226 e. The SMILES string of the molecule is CCCN(C)C(=O)[C@H]1CCCN(Cc2nc3ccccc3n2-c2cccc(Br)c2)C1. The van der Waals surface area contributed by atoms with E-state index in [1.165, 1.54) is 0 Å². The van der Waals surface area contributed by atoms with Gasteiger partial charge in [0, 0.05) is 30.3 Å². The van der Waals surface area contributed by atoms with E-state index in [4.69, 9.17) is 4.98 Å². The lowest BCUT2D eigenvalue weighted by Crippen LogP contribution is -2.43. The third kappa shape index (κ3) is 4.44. The molecule has 2 aromatic carbocycles. The Hall–Kier alpha value is -2.18. The van der Waals surface area contributed by atoms with Crippen LogP contribution in [0.25, 0.3) is 16.7 Å². The molecule has 1 fully saturated rings. The zero-order valence-corrected chi connectivity index (χ0v) is 19.3. The van der Waals surface area contributed by atoms with Crippen molar-refractivity contribution >= 4 is 32.9 Å². The van der Waals surface area contributed by atoms with Crippen LogP contribution < -0.4 is 0 Å². The standard InChI is InChI=1S/C24H29BrN4O/c1-3-13-27(2)24(30)18-8-7-14-28(16-18)17-23-26-21-11-4-5-12-22(21)29(23)20-10-6-9-19(25)15-20/h4-6,9-12,15,18H,3,7-8,13-14,16-17H2,1-2H3/t18-/m0/s1. The van der Waals surface area contributed by atoms with Crippen LogP contribution in [-0.4, -0.2) is 51.9 Å². The van der Waals surface area contributed by atoms with E-state index in [9.17, 15) is 4.79 Å². The summed E-state index contributed by atoms with van der Waals surface area (Å²) in [5, 5.41) is 0. The molecule has 0 unspecified atom stereocenters. The summed E-state index contributed by atoms with van der Waals surface area (Å²) >= 11 is 3.60. The molecule has 2 heterocycles. The molecular weight excluding hydrogens is 440 g/mol. The quantitative estimate of drug-likeness (QED) is 0.518. The molecule has 4 rings (SSSR count). The van der Waals surface area contributed by atoms with Crippen LogP contribution in [0.15, 0.2) is 53.0 Å². The predicted octanol–water partition coefficient (Wildman–Crippen LogP) is 4.87. The first-order valence-electron chi connectivity index (χ1n) is 10.8. The number of imidazole rings is 1. The van der Waals surface area contributed by atoms with E-state index in [0.717, 1.165) is 72.5 Å². The third-order valence-electron chi connectivity index (χ3n) is 5.85. The van der Waals surface area contributed by atoms with E-state index < -0.39 is 0 Å². The Labute approximate surface area is 186 Å². The number of amides is 1. The molecule has 1 saturated heterocycles. The van der Waals surface area contributed by atoms with Gasteiger partial charge in [-0.05, 0) is 56.1 Å². The summed E-state index contributed by atoms with van der Waals surface area (Å²) < 4.78 is 3.29. The van der Waals surface area contributed by atoms with Gasteiger partial charge < -0.3 is 4.90 Å². The monoisotopic (exact) mass is 468 g/mol. The third-order valence-corrected chi connectivity index (χ3v) is 6.34. The van der Waals surface area contributed by atoms with Crippen LogP contribution in [0.2, 0.25) is 0 Å². The van der Waals surface area contributed by atoms with Gasteiger partial charge in [-0.3, -0.25) is 14.3 Å². The molecule has 30 heavy (non-hydrogen) atoms.